The van der Waals surface area contributed by atoms with Crippen LogP contribution in [0.5, 0.6) is 0 Å². The van der Waals surface area contributed by atoms with E-state index >= 15 is 0 Å². The highest BCUT2D eigenvalue weighted by atomic mass is 32.2. The first-order valence-electron chi connectivity index (χ1n) is 8.73. The number of morpholine rings is 1. The molecule has 26 heavy (non-hydrogen) atoms. The van der Waals surface area contributed by atoms with Gasteiger partial charge in [0.15, 0.2) is 0 Å². The molecule has 0 amide bonds. The third kappa shape index (κ3) is 4.86. The maximum absolute atomic E-state index is 11.8. The molecule has 0 bridgehead atoms. The summed E-state index contributed by atoms with van der Waals surface area (Å²) in [7, 11) is -3.31. The van der Waals surface area contributed by atoms with Crippen molar-refractivity contribution in [3.8, 4) is 0 Å². The van der Waals surface area contributed by atoms with Crippen LogP contribution in [0.4, 0.5) is 22.9 Å². The minimum absolute atomic E-state index is 0.0971. The van der Waals surface area contributed by atoms with Gasteiger partial charge in [0.25, 0.3) is 0 Å². The lowest BCUT2D eigenvalue weighted by atomic mass is 10.2. The summed E-state index contributed by atoms with van der Waals surface area (Å²) < 4.78 is 31.6. The second kappa shape index (κ2) is 8.37. The average Bonchev–Trinajstić information content (AvgIpc) is 2.64. The van der Waals surface area contributed by atoms with Gasteiger partial charge in [-0.15, -0.1) is 0 Å². The SMILES string of the molecule is CCCS(=O)(=O)Nc1ccc(Nc2ccccc2N2CCOCC2)nc1. The Hall–Kier alpha value is -2.32. The number of anilines is 4. The van der Waals surface area contributed by atoms with Gasteiger partial charge in [-0.1, -0.05) is 19.1 Å². The molecule has 1 aliphatic heterocycles. The first kappa shape index (κ1) is 18.5. The number of hydrogen-bond donors (Lipinski definition) is 2. The molecule has 8 heteroatoms. The Morgan fingerprint density at radius 2 is 1.92 bits per heavy atom. The highest BCUT2D eigenvalue weighted by Gasteiger charge is 2.15. The Kier molecular flexibility index (Phi) is 5.95. The Bertz CT molecular complexity index is 819. The van der Waals surface area contributed by atoms with Gasteiger partial charge in [0.05, 0.1) is 42.2 Å². The van der Waals surface area contributed by atoms with Crippen LogP contribution in [0.2, 0.25) is 0 Å². The van der Waals surface area contributed by atoms with Crippen LogP contribution in [-0.4, -0.2) is 45.5 Å². The number of nitrogens with one attached hydrogen (secondary N) is 2. The molecule has 3 rings (SSSR count). The molecule has 0 radical (unpaired) electrons. The number of nitrogens with zero attached hydrogens (tertiary/aromatic N) is 2. The van der Waals surface area contributed by atoms with Crippen molar-refractivity contribution >= 4 is 32.9 Å². The Morgan fingerprint density at radius 3 is 2.62 bits per heavy atom. The van der Waals surface area contributed by atoms with E-state index in [9.17, 15) is 8.42 Å². The van der Waals surface area contributed by atoms with Gasteiger partial charge in [-0.3, -0.25) is 4.72 Å². The van der Waals surface area contributed by atoms with Gasteiger partial charge >= 0.3 is 0 Å². The van der Waals surface area contributed by atoms with Gasteiger partial charge in [0.2, 0.25) is 10.0 Å². The maximum atomic E-state index is 11.8. The quantitative estimate of drug-likeness (QED) is 0.773. The van der Waals surface area contributed by atoms with Crippen LogP contribution in [0.25, 0.3) is 0 Å². The van der Waals surface area contributed by atoms with E-state index in [0.29, 0.717) is 17.9 Å². The van der Waals surface area contributed by atoms with Crippen LogP contribution >= 0.6 is 0 Å². The zero-order valence-electron chi connectivity index (χ0n) is 14.8. The predicted octanol–water partition coefficient (Wildman–Crippen LogP) is 2.81. The Morgan fingerprint density at radius 1 is 1.15 bits per heavy atom. The molecular weight excluding hydrogens is 352 g/mol. The molecule has 2 N–H and O–H groups in total. The molecule has 2 aromatic rings. The second-order valence-electron chi connectivity index (χ2n) is 6.09. The fourth-order valence-electron chi connectivity index (χ4n) is 2.82. The molecular formula is C18H24N4O3S. The second-order valence-corrected chi connectivity index (χ2v) is 7.94. The largest absolute Gasteiger partial charge is 0.378 e. The molecule has 1 fully saturated rings. The molecule has 0 saturated carbocycles. The maximum Gasteiger partial charge on any atom is 0.232 e. The molecule has 1 aliphatic rings. The summed E-state index contributed by atoms with van der Waals surface area (Å²) in [5, 5.41) is 3.31. The summed E-state index contributed by atoms with van der Waals surface area (Å²) in [5.74, 6) is 0.754. The molecule has 7 nitrogen and oxygen atoms in total. The third-order valence-electron chi connectivity index (χ3n) is 4.03. The van der Waals surface area contributed by atoms with Crippen molar-refractivity contribution in [3.63, 3.8) is 0 Å². The summed E-state index contributed by atoms with van der Waals surface area (Å²) in [6.07, 6.45) is 2.09. The van der Waals surface area contributed by atoms with Crippen LogP contribution in [0, 0.1) is 0 Å². The molecule has 0 spiro atoms. The third-order valence-corrected chi connectivity index (χ3v) is 5.52. The molecule has 1 saturated heterocycles. The summed E-state index contributed by atoms with van der Waals surface area (Å²) in [5.41, 5.74) is 2.53. The molecule has 140 valence electrons. The number of hydrogen-bond acceptors (Lipinski definition) is 6. The van der Waals surface area contributed by atoms with Gasteiger partial charge in [-0.2, -0.15) is 0 Å². The lowest BCUT2D eigenvalue weighted by Crippen LogP contribution is -2.36. The smallest absolute Gasteiger partial charge is 0.232 e. The van der Waals surface area contributed by atoms with E-state index in [1.54, 1.807) is 12.1 Å². The van der Waals surface area contributed by atoms with Crippen molar-refractivity contribution in [1.82, 2.24) is 4.98 Å². The van der Waals surface area contributed by atoms with Crippen molar-refractivity contribution in [1.29, 1.82) is 0 Å². The monoisotopic (exact) mass is 376 g/mol. The lowest BCUT2D eigenvalue weighted by Gasteiger charge is -2.30. The van der Waals surface area contributed by atoms with E-state index in [4.69, 9.17) is 4.74 Å². The lowest BCUT2D eigenvalue weighted by molar-refractivity contribution is 0.123. The summed E-state index contributed by atoms with van der Waals surface area (Å²) in [6.45, 7) is 4.98. The van der Waals surface area contributed by atoms with E-state index in [0.717, 1.165) is 37.7 Å². The van der Waals surface area contributed by atoms with Gasteiger partial charge in [-0.05, 0) is 30.7 Å². The number of pyridine rings is 1. The molecule has 2 heterocycles. The van der Waals surface area contributed by atoms with E-state index in [1.165, 1.54) is 6.20 Å². The number of ether oxygens (including phenoxy) is 1. The molecule has 1 aromatic carbocycles. The van der Waals surface area contributed by atoms with Crippen molar-refractivity contribution in [2.75, 3.05) is 47.0 Å². The van der Waals surface area contributed by atoms with Gasteiger partial charge in [0, 0.05) is 13.1 Å². The number of sulfonamides is 1. The summed E-state index contributed by atoms with van der Waals surface area (Å²) >= 11 is 0. The van der Waals surface area contributed by atoms with Crippen molar-refractivity contribution in [2.24, 2.45) is 0 Å². The van der Waals surface area contributed by atoms with E-state index < -0.39 is 10.0 Å². The zero-order chi connectivity index (χ0) is 18.4. The first-order chi connectivity index (χ1) is 12.6. The van der Waals surface area contributed by atoms with Gasteiger partial charge < -0.3 is 15.0 Å². The standard InChI is InChI=1S/C18H24N4O3S/c1-2-13-26(23,24)21-15-7-8-18(19-14-15)20-16-5-3-4-6-17(16)22-9-11-25-12-10-22/h3-8,14,21H,2,9-13H2,1H3,(H,19,20). The molecule has 1 aromatic heterocycles. The average molecular weight is 376 g/mol. The number of benzene rings is 1. The molecule has 0 atom stereocenters. The fraction of sp³-hybridized carbons (Fsp3) is 0.389. The highest BCUT2D eigenvalue weighted by Crippen LogP contribution is 2.28. The number of para-hydroxylation sites is 2. The Balaban J connectivity index is 1.72. The van der Waals surface area contributed by atoms with Crippen LogP contribution in [0.3, 0.4) is 0 Å². The van der Waals surface area contributed by atoms with Crippen molar-refractivity contribution < 1.29 is 13.2 Å². The van der Waals surface area contributed by atoms with Crippen molar-refractivity contribution in [2.45, 2.75) is 13.3 Å². The fourth-order valence-corrected chi connectivity index (χ4v) is 3.94. The number of rotatable bonds is 7. The van der Waals surface area contributed by atoms with E-state index in [2.05, 4.69) is 26.0 Å². The topological polar surface area (TPSA) is 83.6 Å². The van der Waals surface area contributed by atoms with Gasteiger partial charge in [-0.25, -0.2) is 13.4 Å². The predicted molar refractivity (Wildman–Crippen MR) is 105 cm³/mol. The van der Waals surface area contributed by atoms with Crippen LogP contribution in [-0.2, 0) is 14.8 Å². The van der Waals surface area contributed by atoms with Crippen LogP contribution in [0.15, 0.2) is 42.6 Å². The molecule has 0 unspecified atom stereocenters. The van der Waals surface area contributed by atoms with Gasteiger partial charge in [0.1, 0.15) is 5.82 Å². The zero-order valence-corrected chi connectivity index (χ0v) is 15.6. The first-order valence-corrected chi connectivity index (χ1v) is 10.4. The van der Waals surface area contributed by atoms with Crippen molar-refractivity contribution in [3.05, 3.63) is 42.6 Å². The minimum Gasteiger partial charge on any atom is -0.378 e. The normalized spacial score (nSPS) is 14.9. The van der Waals surface area contributed by atoms with Crippen LogP contribution in [0.1, 0.15) is 13.3 Å². The minimum atomic E-state index is -3.31. The summed E-state index contributed by atoms with van der Waals surface area (Å²) in [4.78, 5) is 6.60. The van der Waals surface area contributed by atoms with E-state index in [1.807, 2.05) is 25.1 Å². The number of aromatic nitrogens is 1. The summed E-state index contributed by atoms with van der Waals surface area (Å²) in [6, 6.07) is 11.5. The molecule has 0 aliphatic carbocycles. The Labute approximate surface area is 154 Å². The highest BCUT2D eigenvalue weighted by molar-refractivity contribution is 7.92. The van der Waals surface area contributed by atoms with Crippen LogP contribution < -0.4 is 14.9 Å². The van der Waals surface area contributed by atoms with E-state index in [-0.39, 0.29) is 5.75 Å².